The number of ether oxygens (including phenoxy) is 2. The number of nitrogens with zero attached hydrogens (tertiary/aromatic N) is 2. The van der Waals surface area contributed by atoms with Gasteiger partial charge in [-0.2, -0.15) is 0 Å². The van der Waals surface area contributed by atoms with E-state index >= 15 is 0 Å². The Kier molecular flexibility index (Phi) is 10.9. The number of guanidine groups is 1. The van der Waals surface area contributed by atoms with Crippen LogP contribution in [0.1, 0.15) is 43.2 Å². The van der Waals surface area contributed by atoms with Gasteiger partial charge in [-0.25, -0.2) is 14.5 Å². The molecule has 33 heavy (non-hydrogen) atoms. The number of carbonyl (C=O) groups excluding carboxylic acids is 3. The van der Waals surface area contributed by atoms with E-state index in [4.69, 9.17) is 20.9 Å². The van der Waals surface area contributed by atoms with E-state index in [1.807, 2.05) is 60.7 Å². The number of rotatable bonds is 11. The molecule has 0 aliphatic rings. The van der Waals surface area contributed by atoms with E-state index in [-0.39, 0.29) is 31.6 Å². The Hall–Kier alpha value is -3.88. The molecule has 3 amide bonds. The molecule has 176 valence electrons. The summed E-state index contributed by atoms with van der Waals surface area (Å²) in [6, 6.07) is 18.3. The first-order chi connectivity index (χ1) is 16.0. The molecule has 0 bridgehead atoms. The van der Waals surface area contributed by atoms with Crippen molar-refractivity contribution >= 4 is 24.1 Å². The average molecular weight is 455 g/mol. The van der Waals surface area contributed by atoms with E-state index < -0.39 is 12.2 Å². The highest BCUT2D eigenvalue weighted by Gasteiger charge is 2.20. The van der Waals surface area contributed by atoms with Crippen LogP contribution in [0.4, 0.5) is 9.59 Å². The number of aliphatic imine (C=N–C) groups is 1. The second kappa shape index (κ2) is 14.2. The highest BCUT2D eigenvalue weighted by Crippen LogP contribution is 2.08. The Morgan fingerprint density at radius 3 is 1.88 bits per heavy atom. The Balaban J connectivity index is 1.94. The number of hydrogen-bond acceptors (Lipinski definition) is 5. The minimum atomic E-state index is -0.904. The Bertz CT molecular complexity index is 919. The van der Waals surface area contributed by atoms with Crippen LogP contribution < -0.4 is 11.5 Å². The lowest BCUT2D eigenvalue weighted by Gasteiger charge is -2.21. The molecular formula is C24H30N4O5. The second-order valence-electron chi connectivity index (χ2n) is 7.33. The van der Waals surface area contributed by atoms with Gasteiger partial charge in [-0.05, 0) is 24.0 Å². The zero-order chi connectivity index (χ0) is 23.9. The molecule has 0 heterocycles. The fourth-order valence-corrected chi connectivity index (χ4v) is 2.92. The molecule has 0 aromatic heterocycles. The van der Waals surface area contributed by atoms with Crippen molar-refractivity contribution in [3.8, 4) is 0 Å². The summed E-state index contributed by atoms with van der Waals surface area (Å²) in [6.45, 7) is 0.292. The van der Waals surface area contributed by atoms with Gasteiger partial charge in [0.25, 0.3) is 0 Å². The molecule has 0 radical (unpaired) electrons. The maximum Gasteiger partial charge on any atom is 0.437 e. The molecule has 2 rings (SSSR count). The van der Waals surface area contributed by atoms with Gasteiger partial charge in [0, 0.05) is 13.0 Å². The molecule has 0 saturated carbocycles. The van der Waals surface area contributed by atoms with Gasteiger partial charge in [-0.15, -0.1) is 4.99 Å². The van der Waals surface area contributed by atoms with Gasteiger partial charge < -0.3 is 20.9 Å². The molecule has 4 N–H and O–H groups in total. The molecule has 2 aromatic carbocycles. The lowest BCUT2D eigenvalue weighted by Crippen LogP contribution is -2.43. The van der Waals surface area contributed by atoms with Gasteiger partial charge in [0.05, 0.1) is 0 Å². The molecule has 0 spiro atoms. The molecule has 0 fully saturated rings. The lowest BCUT2D eigenvalue weighted by molar-refractivity contribution is -0.118. The molecule has 0 saturated heterocycles. The summed E-state index contributed by atoms with van der Waals surface area (Å²) in [5.74, 6) is -0.644. The fourth-order valence-electron chi connectivity index (χ4n) is 2.92. The van der Waals surface area contributed by atoms with E-state index in [1.54, 1.807) is 0 Å². The minimum Gasteiger partial charge on any atom is -0.444 e. The van der Waals surface area contributed by atoms with Crippen LogP contribution in [0.2, 0.25) is 0 Å². The first-order valence-corrected chi connectivity index (χ1v) is 10.8. The van der Waals surface area contributed by atoms with Gasteiger partial charge in [0.2, 0.25) is 11.9 Å². The standard InChI is InChI=1S/C24H30N4O5/c25-21(29)15-9-1-2-10-16-28(24(31)33-18-20-13-7-4-8-14-20)22(26)27-23(30)32-17-19-11-5-3-6-12-19/h3-8,11-14H,1-2,9-10,15-18H2,(H2,25,29)(H2,26,27,30). The van der Waals surface area contributed by atoms with Gasteiger partial charge in [-0.1, -0.05) is 73.5 Å². The van der Waals surface area contributed by atoms with Crippen molar-refractivity contribution in [1.29, 1.82) is 0 Å². The Labute approximate surface area is 193 Å². The van der Waals surface area contributed by atoms with E-state index in [1.165, 1.54) is 0 Å². The smallest absolute Gasteiger partial charge is 0.437 e. The number of hydrogen-bond donors (Lipinski definition) is 2. The van der Waals surface area contributed by atoms with E-state index in [0.717, 1.165) is 28.9 Å². The predicted octanol–water partition coefficient (Wildman–Crippen LogP) is 3.71. The van der Waals surface area contributed by atoms with Crippen molar-refractivity contribution in [2.75, 3.05) is 6.54 Å². The van der Waals surface area contributed by atoms with Crippen LogP contribution in [0, 0.1) is 0 Å². The summed E-state index contributed by atoms with van der Waals surface area (Å²) in [7, 11) is 0. The SMILES string of the molecule is NC(=O)CCCCCCN(C(=O)OCc1ccccc1)C(N)=NC(=O)OCc1ccccc1. The highest BCUT2D eigenvalue weighted by atomic mass is 16.6. The number of primary amides is 1. The van der Waals surface area contributed by atoms with Gasteiger partial charge >= 0.3 is 12.2 Å². The number of benzene rings is 2. The molecule has 9 nitrogen and oxygen atoms in total. The summed E-state index contributed by atoms with van der Waals surface area (Å²) < 4.78 is 10.5. The van der Waals surface area contributed by atoms with Gasteiger partial charge in [-0.3, -0.25) is 4.79 Å². The van der Waals surface area contributed by atoms with Crippen molar-refractivity contribution in [2.45, 2.75) is 45.3 Å². The number of carbonyl (C=O) groups is 3. The van der Waals surface area contributed by atoms with Crippen LogP contribution in [0.5, 0.6) is 0 Å². The van der Waals surface area contributed by atoms with Crippen LogP contribution >= 0.6 is 0 Å². The van der Waals surface area contributed by atoms with Crippen molar-refractivity contribution < 1.29 is 23.9 Å². The van der Waals surface area contributed by atoms with Gasteiger partial charge in [0.1, 0.15) is 13.2 Å². The summed E-state index contributed by atoms with van der Waals surface area (Å²) >= 11 is 0. The molecule has 0 unspecified atom stereocenters. The number of amides is 3. The number of nitrogens with two attached hydrogens (primary N) is 2. The van der Waals surface area contributed by atoms with Crippen LogP contribution in [0.3, 0.4) is 0 Å². The highest BCUT2D eigenvalue weighted by molar-refractivity contribution is 5.97. The number of unbranched alkanes of at least 4 members (excludes halogenated alkanes) is 3. The largest absolute Gasteiger partial charge is 0.444 e. The molecule has 0 aliphatic heterocycles. The molecule has 9 heteroatoms. The minimum absolute atomic E-state index is 0.0365. The molecule has 0 atom stereocenters. The summed E-state index contributed by atoms with van der Waals surface area (Å²) in [6.07, 6.45) is 1.46. The van der Waals surface area contributed by atoms with E-state index in [0.29, 0.717) is 19.3 Å². The lowest BCUT2D eigenvalue weighted by atomic mass is 10.1. The van der Waals surface area contributed by atoms with Crippen LogP contribution in [-0.4, -0.2) is 35.5 Å². The van der Waals surface area contributed by atoms with Crippen LogP contribution in [0.25, 0.3) is 0 Å². The second-order valence-corrected chi connectivity index (χ2v) is 7.33. The van der Waals surface area contributed by atoms with E-state index in [9.17, 15) is 14.4 Å². The van der Waals surface area contributed by atoms with Crippen molar-refractivity contribution in [3.05, 3.63) is 71.8 Å². The first kappa shape index (κ1) is 25.4. The normalized spacial score (nSPS) is 11.0. The zero-order valence-electron chi connectivity index (χ0n) is 18.5. The molecule has 0 aliphatic carbocycles. The predicted molar refractivity (Wildman–Crippen MR) is 124 cm³/mol. The van der Waals surface area contributed by atoms with Gasteiger partial charge in [0.15, 0.2) is 0 Å². The average Bonchev–Trinajstić information content (AvgIpc) is 2.81. The zero-order valence-corrected chi connectivity index (χ0v) is 18.5. The Morgan fingerprint density at radius 1 is 0.758 bits per heavy atom. The third kappa shape index (κ3) is 10.3. The summed E-state index contributed by atoms with van der Waals surface area (Å²) in [5.41, 5.74) is 12.7. The third-order valence-corrected chi connectivity index (χ3v) is 4.67. The Morgan fingerprint density at radius 2 is 1.30 bits per heavy atom. The monoisotopic (exact) mass is 454 g/mol. The first-order valence-electron chi connectivity index (χ1n) is 10.8. The molecular weight excluding hydrogens is 424 g/mol. The summed E-state index contributed by atoms with van der Waals surface area (Å²) in [5, 5.41) is 0. The maximum atomic E-state index is 12.7. The maximum absolute atomic E-state index is 12.7. The quantitative estimate of drug-likeness (QED) is 0.302. The van der Waals surface area contributed by atoms with Crippen molar-refractivity contribution in [1.82, 2.24) is 4.90 Å². The fraction of sp³-hybridized carbons (Fsp3) is 0.333. The van der Waals surface area contributed by atoms with Crippen molar-refractivity contribution in [2.24, 2.45) is 16.5 Å². The van der Waals surface area contributed by atoms with Crippen LogP contribution in [-0.2, 0) is 27.5 Å². The topological polar surface area (TPSA) is 137 Å². The summed E-state index contributed by atoms with van der Waals surface area (Å²) in [4.78, 5) is 40.4. The van der Waals surface area contributed by atoms with Crippen LogP contribution in [0.15, 0.2) is 65.7 Å². The van der Waals surface area contributed by atoms with E-state index in [2.05, 4.69) is 4.99 Å². The molecule has 2 aromatic rings. The van der Waals surface area contributed by atoms with Crippen molar-refractivity contribution in [3.63, 3.8) is 0 Å². The third-order valence-electron chi connectivity index (χ3n) is 4.67.